The molecule has 118 valence electrons. The Balaban J connectivity index is 1.57. The maximum atomic E-state index is 12.5. The van der Waals surface area contributed by atoms with Crippen molar-refractivity contribution < 1.29 is 19.8 Å². The van der Waals surface area contributed by atoms with Crippen LogP contribution in [0.1, 0.15) is 48.0 Å². The molecular weight excluding hydrogens is 282 g/mol. The molecule has 0 aliphatic carbocycles. The number of amides is 1. The summed E-state index contributed by atoms with van der Waals surface area (Å²) >= 11 is 0. The largest absolute Gasteiger partial charge is 0.478 e. The zero-order valence-electron chi connectivity index (χ0n) is 12.4. The van der Waals surface area contributed by atoms with Crippen LogP contribution in [0.2, 0.25) is 0 Å². The molecule has 3 rings (SSSR count). The van der Waals surface area contributed by atoms with Crippen LogP contribution < -0.4 is 0 Å². The zero-order valence-corrected chi connectivity index (χ0v) is 12.4. The van der Waals surface area contributed by atoms with Crippen LogP contribution in [0.3, 0.4) is 0 Å². The van der Waals surface area contributed by atoms with Crippen LogP contribution in [0, 0.1) is 0 Å². The summed E-state index contributed by atoms with van der Waals surface area (Å²) in [5, 5.41) is 18.7. The number of fused-ring (bicyclic) bond motifs is 2. The van der Waals surface area contributed by atoms with Crippen molar-refractivity contribution in [1.29, 1.82) is 0 Å². The third-order valence-corrected chi connectivity index (χ3v) is 4.82. The number of rotatable bonds is 4. The lowest BCUT2D eigenvalue weighted by molar-refractivity contribution is -0.137. The first-order valence-corrected chi connectivity index (χ1v) is 7.86. The first-order valence-electron chi connectivity index (χ1n) is 7.86. The lowest BCUT2D eigenvalue weighted by Crippen LogP contribution is -2.48. The van der Waals surface area contributed by atoms with Gasteiger partial charge in [0.25, 0.3) is 0 Å². The van der Waals surface area contributed by atoms with Crippen molar-refractivity contribution in [3.63, 3.8) is 0 Å². The highest BCUT2D eigenvalue weighted by Crippen LogP contribution is 2.36. The molecule has 2 unspecified atom stereocenters. The molecule has 5 nitrogen and oxygen atoms in total. The number of carboxylic acid groups (broad SMARTS) is 1. The van der Waals surface area contributed by atoms with Crippen molar-refractivity contribution in [2.45, 2.75) is 56.7 Å². The molecule has 0 saturated carbocycles. The molecule has 2 bridgehead atoms. The Morgan fingerprint density at radius 2 is 1.68 bits per heavy atom. The van der Waals surface area contributed by atoms with E-state index in [9.17, 15) is 14.7 Å². The van der Waals surface area contributed by atoms with Crippen molar-refractivity contribution in [2.75, 3.05) is 0 Å². The van der Waals surface area contributed by atoms with Crippen molar-refractivity contribution >= 4 is 11.9 Å². The van der Waals surface area contributed by atoms with Gasteiger partial charge in [0.2, 0.25) is 5.91 Å². The first-order chi connectivity index (χ1) is 10.5. The van der Waals surface area contributed by atoms with E-state index in [0.29, 0.717) is 25.7 Å². The molecule has 1 aromatic rings. The van der Waals surface area contributed by atoms with Gasteiger partial charge >= 0.3 is 5.97 Å². The van der Waals surface area contributed by atoms with Gasteiger partial charge in [0, 0.05) is 18.5 Å². The number of piperidine rings is 1. The molecule has 2 fully saturated rings. The number of benzene rings is 1. The van der Waals surface area contributed by atoms with E-state index in [0.717, 1.165) is 18.4 Å². The fourth-order valence-corrected chi connectivity index (χ4v) is 3.75. The highest BCUT2D eigenvalue weighted by atomic mass is 16.4. The Hall–Kier alpha value is -1.88. The van der Waals surface area contributed by atoms with Crippen LogP contribution in [0.25, 0.3) is 0 Å². The molecule has 1 amide bonds. The van der Waals surface area contributed by atoms with Gasteiger partial charge in [-0.1, -0.05) is 12.1 Å². The summed E-state index contributed by atoms with van der Waals surface area (Å²) in [6.07, 6.45) is 4.21. The van der Waals surface area contributed by atoms with E-state index in [1.807, 2.05) is 4.90 Å². The summed E-state index contributed by atoms with van der Waals surface area (Å²) in [5.41, 5.74) is 1.24. The highest BCUT2D eigenvalue weighted by molar-refractivity contribution is 5.87. The van der Waals surface area contributed by atoms with Crippen molar-refractivity contribution in [3.05, 3.63) is 35.4 Å². The van der Waals surface area contributed by atoms with E-state index in [2.05, 4.69) is 0 Å². The van der Waals surface area contributed by atoms with Gasteiger partial charge in [-0.2, -0.15) is 0 Å². The Kier molecular flexibility index (Phi) is 4.16. The van der Waals surface area contributed by atoms with Crippen LogP contribution in [0.4, 0.5) is 0 Å². The Morgan fingerprint density at radius 3 is 2.23 bits per heavy atom. The fraction of sp³-hybridized carbons (Fsp3) is 0.529. The van der Waals surface area contributed by atoms with Crippen LogP contribution in [0.5, 0.6) is 0 Å². The topological polar surface area (TPSA) is 77.8 Å². The second-order valence-electron chi connectivity index (χ2n) is 6.31. The number of aliphatic hydroxyl groups is 1. The second-order valence-corrected chi connectivity index (χ2v) is 6.31. The molecule has 1 aromatic carbocycles. The molecular formula is C17H21NO4. The number of hydrogen-bond donors (Lipinski definition) is 2. The third-order valence-electron chi connectivity index (χ3n) is 4.82. The van der Waals surface area contributed by atoms with Crippen LogP contribution in [-0.2, 0) is 11.2 Å². The summed E-state index contributed by atoms with van der Waals surface area (Å²) in [5.74, 6) is -0.784. The van der Waals surface area contributed by atoms with Crippen LogP contribution in [0.15, 0.2) is 24.3 Å². The lowest BCUT2D eigenvalue weighted by Gasteiger charge is -2.37. The smallest absolute Gasteiger partial charge is 0.335 e. The van der Waals surface area contributed by atoms with Gasteiger partial charge in [0.1, 0.15) is 0 Å². The molecule has 22 heavy (non-hydrogen) atoms. The van der Waals surface area contributed by atoms with E-state index < -0.39 is 5.97 Å². The van der Waals surface area contributed by atoms with Gasteiger partial charge in [-0.05, 0) is 49.8 Å². The molecule has 0 radical (unpaired) electrons. The lowest BCUT2D eigenvalue weighted by atomic mass is 9.98. The van der Waals surface area contributed by atoms with Crippen LogP contribution in [-0.4, -0.2) is 45.2 Å². The van der Waals surface area contributed by atoms with Gasteiger partial charge in [-0.3, -0.25) is 4.79 Å². The summed E-state index contributed by atoms with van der Waals surface area (Å²) in [6.45, 7) is 0. The summed E-state index contributed by atoms with van der Waals surface area (Å²) in [4.78, 5) is 25.3. The maximum Gasteiger partial charge on any atom is 0.335 e. The predicted molar refractivity (Wildman–Crippen MR) is 80.6 cm³/mol. The summed E-state index contributed by atoms with van der Waals surface area (Å²) in [6, 6.07) is 7.09. The van der Waals surface area contributed by atoms with E-state index >= 15 is 0 Å². The predicted octanol–water partition coefficient (Wildman–Crippen LogP) is 1.83. The highest BCUT2D eigenvalue weighted by Gasteiger charge is 2.42. The van der Waals surface area contributed by atoms with Crippen molar-refractivity contribution in [1.82, 2.24) is 4.90 Å². The average molecular weight is 303 g/mol. The minimum atomic E-state index is -0.939. The molecule has 2 heterocycles. The molecule has 2 saturated heterocycles. The SMILES string of the molecule is O=C(O)c1ccc(CCC(=O)N2C3CCC2CC(O)C3)cc1. The second kappa shape index (κ2) is 6.08. The first kappa shape index (κ1) is 15.0. The van der Waals surface area contributed by atoms with Crippen molar-refractivity contribution in [3.8, 4) is 0 Å². The quantitative estimate of drug-likeness (QED) is 0.889. The van der Waals surface area contributed by atoms with Crippen LogP contribution >= 0.6 is 0 Å². The van der Waals surface area contributed by atoms with E-state index in [4.69, 9.17) is 5.11 Å². The number of carboxylic acids is 1. The monoisotopic (exact) mass is 303 g/mol. The van der Waals surface area contributed by atoms with E-state index in [1.165, 1.54) is 0 Å². The van der Waals surface area contributed by atoms with Gasteiger partial charge in [-0.15, -0.1) is 0 Å². The number of hydrogen-bond acceptors (Lipinski definition) is 3. The normalized spacial score (nSPS) is 27.0. The van der Waals surface area contributed by atoms with Gasteiger partial charge in [0.15, 0.2) is 0 Å². The maximum absolute atomic E-state index is 12.5. The molecule has 2 aliphatic heterocycles. The van der Waals surface area contributed by atoms with E-state index in [1.54, 1.807) is 24.3 Å². The number of carbonyl (C=O) groups excluding carboxylic acids is 1. The molecule has 5 heteroatoms. The fourth-order valence-electron chi connectivity index (χ4n) is 3.75. The summed E-state index contributed by atoms with van der Waals surface area (Å²) < 4.78 is 0. The number of aliphatic hydroxyl groups excluding tert-OH is 1. The zero-order chi connectivity index (χ0) is 15.7. The molecule has 2 atom stereocenters. The van der Waals surface area contributed by atoms with E-state index in [-0.39, 0.29) is 29.7 Å². The standard InChI is InChI=1S/C17H21NO4/c19-15-9-13-6-7-14(10-15)18(13)16(20)8-3-11-1-4-12(5-2-11)17(21)22/h1-2,4-5,13-15,19H,3,6-10H2,(H,21,22). The Morgan fingerprint density at radius 1 is 1.09 bits per heavy atom. The van der Waals surface area contributed by atoms with Crippen molar-refractivity contribution in [2.24, 2.45) is 0 Å². The molecule has 0 spiro atoms. The molecule has 0 aromatic heterocycles. The Bertz CT molecular complexity index is 555. The number of aryl methyl sites for hydroxylation is 1. The third kappa shape index (κ3) is 2.99. The van der Waals surface area contributed by atoms with Gasteiger partial charge < -0.3 is 15.1 Å². The molecule has 2 N–H and O–H groups in total. The minimum Gasteiger partial charge on any atom is -0.478 e. The number of nitrogens with zero attached hydrogens (tertiary/aromatic N) is 1. The summed E-state index contributed by atoms with van der Waals surface area (Å²) in [7, 11) is 0. The number of aromatic carboxylic acids is 1. The van der Waals surface area contributed by atoms with Gasteiger partial charge in [-0.25, -0.2) is 4.79 Å². The Labute approximate surface area is 129 Å². The average Bonchev–Trinajstić information content (AvgIpc) is 2.77. The minimum absolute atomic E-state index is 0.154. The van der Waals surface area contributed by atoms with Gasteiger partial charge in [0.05, 0.1) is 11.7 Å². The number of carbonyl (C=O) groups is 2. The molecule has 2 aliphatic rings.